The van der Waals surface area contributed by atoms with Crippen molar-refractivity contribution in [2.45, 2.75) is 25.2 Å². The van der Waals surface area contributed by atoms with Gasteiger partial charge in [-0.1, -0.05) is 60.1 Å². The number of ether oxygens (including phenoxy) is 1. The van der Waals surface area contributed by atoms with Crippen molar-refractivity contribution in [2.24, 2.45) is 11.0 Å². The molecule has 7 nitrogen and oxygen atoms in total. The summed E-state index contributed by atoms with van der Waals surface area (Å²) < 4.78 is 5.44. The molecule has 0 heterocycles. The first-order chi connectivity index (χ1) is 13.6. The van der Waals surface area contributed by atoms with Crippen LogP contribution in [0.25, 0.3) is 21.6 Å². The van der Waals surface area contributed by atoms with Gasteiger partial charge in [-0.05, 0) is 40.6 Å². The van der Waals surface area contributed by atoms with Crippen LogP contribution >= 0.6 is 0 Å². The maximum atomic E-state index is 12.4. The predicted molar refractivity (Wildman–Crippen MR) is 104 cm³/mol. The van der Waals surface area contributed by atoms with Crippen molar-refractivity contribution in [3.8, 4) is 11.1 Å². The highest BCUT2D eigenvalue weighted by atomic mass is 16.5. The van der Waals surface area contributed by atoms with Gasteiger partial charge in [-0.25, -0.2) is 0 Å². The minimum atomic E-state index is -1.21. The maximum Gasteiger partial charge on any atom is 0.320 e. The number of hydrogen-bond acceptors (Lipinski definition) is 4. The second kappa shape index (κ2) is 9.06. The van der Waals surface area contributed by atoms with Crippen LogP contribution < -0.4 is 0 Å². The molecule has 7 heteroatoms. The van der Waals surface area contributed by atoms with Gasteiger partial charge in [0.05, 0.1) is 0 Å². The highest BCUT2D eigenvalue weighted by molar-refractivity contribution is 5.94. The number of nitrogens with zero attached hydrogens (tertiary/aromatic N) is 3. The molecule has 0 saturated carbocycles. The molecule has 0 amide bonds. The summed E-state index contributed by atoms with van der Waals surface area (Å²) in [5.74, 6) is -3.23. The average molecular weight is 379 g/mol. The molecular weight excluding hydrogens is 358 g/mol. The molecule has 0 spiro atoms. The summed E-state index contributed by atoms with van der Waals surface area (Å²) in [5.41, 5.74) is 12.7. The third-order valence-electron chi connectivity index (χ3n) is 5.00. The number of azide groups is 1. The number of rotatable bonds is 9. The van der Waals surface area contributed by atoms with Gasteiger partial charge in [0.15, 0.2) is 5.92 Å². The lowest BCUT2D eigenvalue weighted by Crippen LogP contribution is -2.27. The van der Waals surface area contributed by atoms with Crippen LogP contribution in [-0.4, -0.2) is 30.2 Å². The van der Waals surface area contributed by atoms with Gasteiger partial charge in [-0.15, -0.1) is 0 Å². The molecule has 3 rings (SSSR count). The highest BCUT2D eigenvalue weighted by Crippen LogP contribution is 2.44. The number of carboxylic acids is 1. The molecule has 1 aliphatic rings. The summed E-state index contributed by atoms with van der Waals surface area (Å²) in [6.45, 7) is 0.392. The number of fused-ring (bicyclic) bond motifs is 3. The third kappa shape index (κ3) is 4.15. The molecule has 0 radical (unpaired) electrons. The Morgan fingerprint density at radius 2 is 1.68 bits per heavy atom. The Morgan fingerprint density at radius 3 is 2.25 bits per heavy atom. The van der Waals surface area contributed by atoms with Gasteiger partial charge >= 0.3 is 11.9 Å². The first-order valence-corrected chi connectivity index (χ1v) is 9.22. The summed E-state index contributed by atoms with van der Waals surface area (Å²) in [7, 11) is 0. The zero-order valence-corrected chi connectivity index (χ0v) is 15.3. The first-order valence-electron chi connectivity index (χ1n) is 9.22. The molecule has 2 aromatic rings. The number of unbranched alkanes of at least 4 members (excludes halogenated alkanes) is 1. The van der Waals surface area contributed by atoms with E-state index in [1.165, 1.54) is 0 Å². The van der Waals surface area contributed by atoms with Crippen LogP contribution in [0.15, 0.2) is 53.6 Å². The molecule has 0 aromatic heterocycles. The van der Waals surface area contributed by atoms with Crippen LogP contribution in [0.3, 0.4) is 0 Å². The number of carboxylic acid groups (broad SMARTS) is 1. The van der Waals surface area contributed by atoms with E-state index < -0.39 is 17.9 Å². The average Bonchev–Trinajstić information content (AvgIpc) is 3.02. The van der Waals surface area contributed by atoms with E-state index >= 15 is 0 Å². The van der Waals surface area contributed by atoms with Gasteiger partial charge in [0.2, 0.25) is 0 Å². The molecule has 28 heavy (non-hydrogen) atoms. The van der Waals surface area contributed by atoms with E-state index in [9.17, 15) is 14.7 Å². The monoisotopic (exact) mass is 379 g/mol. The molecule has 1 atom stereocenters. The summed E-state index contributed by atoms with van der Waals surface area (Å²) in [6.07, 6.45) is 1.16. The van der Waals surface area contributed by atoms with Crippen molar-refractivity contribution in [1.82, 2.24) is 0 Å². The fourth-order valence-electron chi connectivity index (χ4n) is 3.62. The molecule has 1 N–H and O–H groups in total. The summed E-state index contributed by atoms with van der Waals surface area (Å²) in [4.78, 5) is 26.5. The van der Waals surface area contributed by atoms with Crippen LogP contribution in [0.1, 0.15) is 36.3 Å². The smallest absolute Gasteiger partial charge is 0.320 e. The van der Waals surface area contributed by atoms with Crippen molar-refractivity contribution in [3.63, 3.8) is 0 Å². The fraction of sp³-hybridized carbons (Fsp3) is 0.333. The Hall–Kier alpha value is -3.31. The van der Waals surface area contributed by atoms with Crippen molar-refractivity contribution in [2.75, 3.05) is 13.2 Å². The largest absolute Gasteiger partial charge is 0.481 e. The quantitative estimate of drug-likeness (QED) is 0.172. The van der Waals surface area contributed by atoms with E-state index in [0.29, 0.717) is 12.8 Å². The van der Waals surface area contributed by atoms with Gasteiger partial charge in [-0.3, -0.25) is 9.59 Å². The topological polar surface area (TPSA) is 112 Å². The Balaban J connectivity index is 1.66. The lowest BCUT2D eigenvalue weighted by atomic mass is 9.98. The number of hydrogen-bond donors (Lipinski definition) is 1. The zero-order chi connectivity index (χ0) is 19.9. The lowest BCUT2D eigenvalue weighted by molar-refractivity contribution is -0.159. The number of esters is 1. The van der Waals surface area contributed by atoms with E-state index in [0.717, 1.165) is 22.3 Å². The summed E-state index contributed by atoms with van der Waals surface area (Å²) in [5, 5.41) is 12.8. The Labute approximate surface area is 162 Å². The minimum absolute atomic E-state index is 0.101. The minimum Gasteiger partial charge on any atom is -0.481 e. The van der Waals surface area contributed by atoms with Crippen molar-refractivity contribution >= 4 is 11.9 Å². The fourth-order valence-corrected chi connectivity index (χ4v) is 3.62. The second-order valence-electron chi connectivity index (χ2n) is 6.70. The van der Waals surface area contributed by atoms with Gasteiger partial charge in [0, 0.05) is 17.4 Å². The Kier molecular flexibility index (Phi) is 6.29. The van der Waals surface area contributed by atoms with E-state index in [4.69, 9.17) is 10.3 Å². The van der Waals surface area contributed by atoms with Crippen molar-refractivity contribution in [1.29, 1.82) is 0 Å². The van der Waals surface area contributed by atoms with Crippen molar-refractivity contribution in [3.05, 3.63) is 70.1 Å². The predicted octanol–water partition coefficient (Wildman–Crippen LogP) is 4.52. The number of aliphatic carboxylic acids is 1. The molecule has 0 fully saturated rings. The summed E-state index contributed by atoms with van der Waals surface area (Å²) >= 11 is 0. The van der Waals surface area contributed by atoms with Crippen molar-refractivity contribution < 1.29 is 19.4 Å². The summed E-state index contributed by atoms with van der Waals surface area (Å²) in [6, 6.07) is 15.9. The van der Waals surface area contributed by atoms with Crippen LogP contribution in [0, 0.1) is 5.92 Å². The van der Waals surface area contributed by atoms with E-state index in [1.807, 2.05) is 48.5 Å². The lowest BCUT2D eigenvalue weighted by Gasteiger charge is -2.16. The maximum absolute atomic E-state index is 12.4. The molecule has 2 aromatic carbocycles. The molecule has 0 saturated heterocycles. The van der Waals surface area contributed by atoms with Gasteiger partial charge in [-0.2, -0.15) is 0 Å². The van der Waals surface area contributed by atoms with Crippen LogP contribution in [0.5, 0.6) is 0 Å². The molecule has 1 aliphatic carbocycles. The molecule has 0 bridgehead atoms. The number of carbonyl (C=O) groups is 2. The molecular formula is C21H21N3O4. The standard InChI is InChI=1S/C21H21N3O4/c22-24-23-12-6-5-11-18(20(25)26)21(27)28-13-19-16-9-3-1-7-14(16)15-8-2-4-10-17(15)19/h1-4,7-10,18-19H,5-6,11-13H2,(H,25,26). The highest BCUT2D eigenvalue weighted by Gasteiger charge is 2.32. The van der Waals surface area contributed by atoms with Gasteiger partial charge < -0.3 is 9.84 Å². The number of benzene rings is 2. The van der Waals surface area contributed by atoms with E-state index in [2.05, 4.69) is 10.0 Å². The van der Waals surface area contributed by atoms with E-state index in [-0.39, 0.29) is 25.5 Å². The van der Waals surface area contributed by atoms with E-state index in [1.54, 1.807) is 0 Å². The van der Waals surface area contributed by atoms with Crippen LogP contribution in [0.2, 0.25) is 0 Å². The zero-order valence-electron chi connectivity index (χ0n) is 15.3. The molecule has 1 unspecified atom stereocenters. The van der Waals surface area contributed by atoms with Crippen LogP contribution in [-0.2, 0) is 14.3 Å². The van der Waals surface area contributed by atoms with Gasteiger partial charge in [0.25, 0.3) is 0 Å². The van der Waals surface area contributed by atoms with Gasteiger partial charge in [0.1, 0.15) is 6.61 Å². The molecule has 144 valence electrons. The Morgan fingerprint density at radius 1 is 1.07 bits per heavy atom. The molecule has 0 aliphatic heterocycles. The third-order valence-corrected chi connectivity index (χ3v) is 5.00. The SMILES string of the molecule is [N-]=[N+]=NCCCCC(C(=O)O)C(=O)OCC1c2ccccc2-c2ccccc21. The first kappa shape index (κ1) is 19.5. The Bertz CT molecular complexity index is 876. The number of carbonyl (C=O) groups excluding carboxylic acids is 1. The van der Waals surface area contributed by atoms with Crippen LogP contribution in [0.4, 0.5) is 0 Å². The normalized spacial score (nSPS) is 13.1. The second-order valence-corrected chi connectivity index (χ2v) is 6.70.